The van der Waals surface area contributed by atoms with Gasteiger partial charge in [-0.25, -0.2) is 0 Å². The first kappa shape index (κ1) is 23.0. The first-order chi connectivity index (χ1) is 11.9. The minimum absolute atomic E-state index is 0.0435. The van der Waals surface area contributed by atoms with Crippen molar-refractivity contribution in [2.75, 3.05) is 0 Å². The Morgan fingerprint density at radius 3 is 2.00 bits per heavy atom. The van der Waals surface area contributed by atoms with Crippen molar-refractivity contribution in [2.45, 2.75) is 85.4 Å². The second-order valence-corrected chi connectivity index (χ2v) is 9.09. The number of carbonyl (C=O) groups excluding carboxylic acids is 3. The van der Waals surface area contributed by atoms with E-state index in [1.807, 2.05) is 41.5 Å². The molecule has 5 nitrogen and oxygen atoms in total. The number of rotatable bonds is 10. The molecule has 1 fully saturated rings. The molecule has 0 aromatic heterocycles. The van der Waals surface area contributed by atoms with E-state index in [1.54, 1.807) is 0 Å². The predicted octanol–water partition coefficient (Wildman–Crippen LogP) is 2.95. The molecule has 1 aliphatic rings. The highest BCUT2D eigenvalue weighted by Crippen LogP contribution is 2.43. The molecular formula is C21H36O5. The molecule has 0 aromatic rings. The lowest BCUT2D eigenvalue weighted by Crippen LogP contribution is -2.52. The van der Waals surface area contributed by atoms with Crippen LogP contribution in [0.1, 0.15) is 73.6 Å². The summed E-state index contributed by atoms with van der Waals surface area (Å²) in [5, 5.41) is 21.9. The molecule has 4 atom stereocenters. The van der Waals surface area contributed by atoms with Crippen molar-refractivity contribution in [3.63, 3.8) is 0 Å². The van der Waals surface area contributed by atoms with Gasteiger partial charge in [0.1, 0.15) is 17.8 Å². The van der Waals surface area contributed by atoms with E-state index in [-0.39, 0.29) is 30.5 Å². The Morgan fingerprint density at radius 2 is 1.54 bits per heavy atom. The number of Topliss-reactive ketones (excluding diaryl/α,β-unsaturated/α-hetero) is 3. The van der Waals surface area contributed by atoms with Gasteiger partial charge < -0.3 is 10.2 Å². The molecule has 0 bridgehead atoms. The zero-order chi connectivity index (χ0) is 20.2. The van der Waals surface area contributed by atoms with Gasteiger partial charge in [0, 0.05) is 12.8 Å². The number of aliphatic hydroxyl groups is 2. The first-order valence-electron chi connectivity index (χ1n) is 9.93. The fraction of sp³-hybridized carbons (Fsp3) is 0.857. The summed E-state index contributed by atoms with van der Waals surface area (Å²) in [6, 6.07) is 0. The van der Waals surface area contributed by atoms with Crippen molar-refractivity contribution in [1.82, 2.24) is 0 Å². The average Bonchev–Trinajstić information content (AvgIpc) is 2.69. The summed E-state index contributed by atoms with van der Waals surface area (Å²) in [7, 11) is 0. The lowest BCUT2D eigenvalue weighted by Gasteiger charge is -2.31. The Labute approximate surface area is 157 Å². The lowest BCUT2D eigenvalue weighted by molar-refractivity contribution is -0.157. The molecule has 0 aromatic carbocycles. The molecule has 0 radical (unpaired) electrons. The summed E-state index contributed by atoms with van der Waals surface area (Å²) in [6.45, 7) is 11.7. The van der Waals surface area contributed by atoms with Crippen molar-refractivity contribution < 1.29 is 24.6 Å². The van der Waals surface area contributed by atoms with Gasteiger partial charge in [-0.1, -0.05) is 48.0 Å². The molecule has 150 valence electrons. The second-order valence-electron chi connectivity index (χ2n) is 9.09. The number of hydrogen-bond donors (Lipinski definition) is 2. The summed E-state index contributed by atoms with van der Waals surface area (Å²) < 4.78 is 0. The standard InChI is InChI=1S/C21H36O5/c1-12(2)7-9-15-19(24)18(16(22)11-14(5)6)20(25)21(15,26)17(23)10-8-13(3)4/h12-15,18,20,25-26H,7-11H2,1-6H3. The Balaban J connectivity index is 3.17. The maximum Gasteiger partial charge on any atom is 0.167 e. The third-order valence-electron chi connectivity index (χ3n) is 5.33. The van der Waals surface area contributed by atoms with Crippen LogP contribution in [0.4, 0.5) is 0 Å². The fourth-order valence-electron chi connectivity index (χ4n) is 3.76. The molecule has 1 saturated carbocycles. The maximum absolute atomic E-state index is 12.9. The number of carbonyl (C=O) groups is 3. The van der Waals surface area contributed by atoms with Crippen LogP contribution < -0.4 is 0 Å². The average molecular weight is 369 g/mol. The van der Waals surface area contributed by atoms with Gasteiger partial charge in [0.2, 0.25) is 0 Å². The molecule has 0 amide bonds. The van der Waals surface area contributed by atoms with Crippen molar-refractivity contribution >= 4 is 17.3 Å². The summed E-state index contributed by atoms with van der Waals surface area (Å²) in [5.41, 5.74) is -2.14. The summed E-state index contributed by atoms with van der Waals surface area (Å²) >= 11 is 0. The Bertz CT molecular complexity index is 522. The van der Waals surface area contributed by atoms with Crippen LogP contribution in [0, 0.1) is 29.6 Å². The molecular weight excluding hydrogens is 332 g/mol. The molecule has 1 rings (SSSR count). The van der Waals surface area contributed by atoms with Crippen LogP contribution >= 0.6 is 0 Å². The summed E-state index contributed by atoms with van der Waals surface area (Å²) in [5.74, 6) is -3.04. The minimum Gasteiger partial charge on any atom is -0.388 e. The Hall–Kier alpha value is -1.07. The van der Waals surface area contributed by atoms with Gasteiger partial charge in [0.25, 0.3) is 0 Å². The van der Waals surface area contributed by atoms with E-state index in [4.69, 9.17) is 0 Å². The van der Waals surface area contributed by atoms with E-state index in [1.165, 1.54) is 0 Å². The smallest absolute Gasteiger partial charge is 0.167 e. The number of ketones is 3. The van der Waals surface area contributed by atoms with Crippen molar-refractivity contribution in [1.29, 1.82) is 0 Å². The van der Waals surface area contributed by atoms with Gasteiger partial charge in [0.05, 0.1) is 5.92 Å². The fourth-order valence-corrected chi connectivity index (χ4v) is 3.76. The second kappa shape index (κ2) is 9.23. The molecule has 0 saturated heterocycles. The van der Waals surface area contributed by atoms with Gasteiger partial charge in [-0.05, 0) is 30.6 Å². The quantitative estimate of drug-likeness (QED) is 0.579. The third-order valence-corrected chi connectivity index (χ3v) is 5.33. The van der Waals surface area contributed by atoms with Crippen molar-refractivity contribution in [3.8, 4) is 0 Å². The van der Waals surface area contributed by atoms with Gasteiger partial charge in [-0.3, -0.25) is 14.4 Å². The van der Waals surface area contributed by atoms with Crippen LogP contribution in [-0.2, 0) is 14.4 Å². The Morgan fingerprint density at radius 1 is 1.00 bits per heavy atom. The van der Waals surface area contributed by atoms with E-state index in [0.29, 0.717) is 25.2 Å². The summed E-state index contributed by atoms with van der Waals surface area (Å²) in [4.78, 5) is 38.2. The zero-order valence-electron chi connectivity index (χ0n) is 17.1. The first-order valence-corrected chi connectivity index (χ1v) is 9.93. The SMILES string of the molecule is CC(C)CCC(=O)C1(O)C(CCC(C)C)C(=O)C(C(=O)CC(C)C)C1O. The lowest BCUT2D eigenvalue weighted by atomic mass is 9.79. The monoisotopic (exact) mass is 368 g/mol. The maximum atomic E-state index is 12.9. The van der Waals surface area contributed by atoms with Gasteiger partial charge in [0.15, 0.2) is 17.2 Å². The van der Waals surface area contributed by atoms with Gasteiger partial charge in [-0.2, -0.15) is 0 Å². The van der Waals surface area contributed by atoms with E-state index in [2.05, 4.69) is 0 Å². The van der Waals surface area contributed by atoms with Gasteiger partial charge in [-0.15, -0.1) is 0 Å². The topological polar surface area (TPSA) is 91.7 Å². The molecule has 5 heteroatoms. The summed E-state index contributed by atoms with van der Waals surface area (Å²) in [6.07, 6.45) is 0.140. The molecule has 1 aliphatic carbocycles. The number of aliphatic hydroxyl groups excluding tert-OH is 1. The largest absolute Gasteiger partial charge is 0.388 e. The zero-order valence-corrected chi connectivity index (χ0v) is 17.1. The third kappa shape index (κ3) is 5.01. The van der Waals surface area contributed by atoms with Crippen molar-refractivity contribution in [3.05, 3.63) is 0 Å². The van der Waals surface area contributed by atoms with Crippen LogP contribution in [0.25, 0.3) is 0 Å². The van der Waals surface area contributed by atoms with E-state index >= 15 is 0 Å². The van der Waals surface area contributed by atoms with E-state index < -0.39 is 35.1 Å². The van der Waals surface area contributed by atoms with Crippen LogP contribution in [0.5, 0.6) is 0 Å². The molecule has 0 heterocycles. The molecule has 2 N–H and O–H groups in total. The molecule has 0 spiro atoms. The molecule has 0 aliphatic heterocycles. The number of hydrogen-bond acceptors (Lipinski definition) is 5. The van der Waals surface area contributed by atoms with Crippen LogP contribution in [0.15, 0.2) is 0 Å². The van der Waals surface area contributed by atoms with Gasteiger partial charge >= 0.3 is 0 Å². The van der Waals surface area contributed by atoms with Crippen molar-refractivity contribution in [2.24, 2.45) is 29.6 Å². The van der Waals surface area contributed by atoms with Crippen LogP contribution in [0.2, 0.25) is 0 Å². The highest BCUT2D eigenvalue weighted by molar-refractivity contribution is 6.11. The van der Waals surface area contributed by atoms with Crippen LogP contribution in [0.3, 0.4) is 0 Å². The highest BCUT2D eigenvalue weighted by atomic mass is 16.4. The normalized spacial score (nSPS) is 29.2. The highest BCUT2D eigenvalue weighted by Gasteiger charge is 2.63. The van der Waals surface area contributed by atoms with Crippen LogP contribution in [-0.4, -0.2) is 39.3 Å². The van der Waals surface area contributed by atoms with E-state index in [0.717, 1.165) is 0 Å². The molecule has 26 heavy (non-hydrogen) atoms. The predicted molar refractivity (Wildman–Crippen MR) is 101 cm³/mol. The van der Waals surface area contributed by atoms with E-state index in [9.17, 15) is 24.6 Å². The Kier molecular flexibility index (Phi) is 8.15. The molecule has 4 unspecified atom stereocenters. The minimum atomic E-state index is -2.14.